The van der Waals surface area contributed by atoms with Crippen LogP contribution in [0.2, 0.25) is 0 Å². The number of aromatic nitrogens is 4. The molecular formula is C40H68N6O4. The summed E-state index contributed by atoms with van der Waals surface area (Å²) in [6, 6.07) is -0.164. The first-order chi connectivity index (χ1) is 23.3. The number of ether oxygens (including phenoxy) is 2. The minimum absolute atomic E-state index is 0.146. The fraction of sp³-hybridized carbons (Fsp3) is 0.900. The van der Waals surface area contributed by atoms with Crippen molar-refractivity contribution >= 4 is 11.9 Å². The first-order valence-electron chi connectivity index (χ1n) is 19.7. The van der Waals surface area contributed by atoms with Crippen molar-refractivity contribution in [2.45, 2.75) is 132 Å². The SMILES string of the molecule is CCN(C)[C@](C)(CO[C@H]1[C@H](n2nnc(N)n2)CC23COC[C@@]1(C)[C@@H]2CC[C@H]1C3=CC[C@@]2(C)[C@H](C(=O)O)[C@@](C)([C@H](C)C(C)C)CC[C@]12C)C(C)C. The molecule has 2 heterocycles. The van der Waals surface area contributed by atoms with Gasteiger partial charge in [-0.1, -0.05) is 86.0 Å². The smallest absolute Gasteiger partial charge is 0.307 e. The lowest BCUT2D eigenvalue weighted by atomic mass is 9.34. The summed E-state index contributed by atoms with van der Waals surface area (Å²) in [5.74, 6) is 0.908. The first-order valence-corrected chi connectivity index (χ1v) is 19.7. The average molecular weight is 697 g/mol. The van der Waals surface area contributed by atoms with Crippen LogP contribution in [0.5, 0.6) is 0 Å². The Morgan fingerprint density at radius 1 is 1.14 bits per heavy atom. The Morgan fingerprint density at radius 3 is 2.42 bits per heavy atom. The van der Waals surface area contributed by atoms with Gasteiger partial charge in [0.2, 0.25) is 0 Å². The highest BCUT2D eigenvalue weighted by Crippen LogP contribution is 2.75. The van der Waals surface area contributed by atoms with Gasteiger partial charge in [-0.05, 0) is 110 Å². The summed E-state index contributed by atoms with van der Waals surface area (Å²) < 4.78 is 14.0. The second-order valence-electron chi connectivity index (χ2n) is 19.3. The van der Waals surface area contributed by atoms with Crippen molar-refractivity contribution in [1.82, 2.24) is 25.1 Å². The van der Waals surface area contributed by atoms with Gasteiger partial charge in [-0.3, -0.25) is 9.69 Å². The van der Waals surface area contributed by atoms with Gasteiger partial charge in [0.05, 0.1) is 31.8 Å². The number of allylic oxidation sites excluding steroid dienone is 1. The first kappa shape index (κ1) is 37.7. The number of rotatable bonds is 10. The lowest BCUT2D eigenvalue weighted by Gasteiger charge is -2.71. The van der Waals surface area contributed by atoms with E-state index in [2.05, 4.69) is 110 Å². The van der Waals surface area contributed by atoms with Crippen LogP contribution < -0.4 is 5.73 Å². The Bertz CT molecular complexity index is 1480. The van der Waals surface area contributed by atoms with Gasteiger partial charge in [0, 0.05) is 16.4 Å². The summed E-state index contributed by atoms with van der Waals surface area (Å²) in [6.45, 7) is 28.1. The largest absolute Gasteiger partial charge is 0.481 e. The molecule has 1 aromatic rings. The highest BCUT2D eigenvalue weighted by atomic mass is 16.5. The van der Waals surface area contributed by atoms with Gasteiger partial charge >= 0.3 is 5.97 Å². The Morgan fingerprint density at radius 2 is 1.84 bits per heavy atom. The van der Waals surface area contributed by atoms with Crippen LogP contribution in [0.25, 0.3) is 0 Å². The van der Waals surface area contributed by atoms with Gasteiger partial charge in [-0.2, -0.15) is 4.80 Å². The quantitative estimate of drug-likeness (QED) is 0.245. The molecule has 1 saturated heterocycles. The van der Waals surface area contributed by atoms with Crippen LogP contribution in [0.15, 0.2) is 11.6 Å². The van der Waals surface area contributed by atoms with Crippen molar-refractivity contribution in [2.24, 2.45) is 62.6 Å². The fourth-order valence-electron chi connectivity index (χ4n) is 12.8. The van der Waals surface area contributed by atoms with E-state index in [0.29, 0.717) is 49.4 Å². The summed E-state index contributed by atoms with van der Waals surface area (Å²) in [7, 11) is 2.19. The number of nitrogens with two attached hydrogens (primary N) is 1. The number of anilines is 1. The van der Waals surface area contributed by atoms with Crippen molar-refractivity contribution in [1.29, 1.82) is 0 Å². The number of nitrogens with zero attached hydrogens (tertiary/aromatic N) is 5. The van der Waals surface area contributed by atoms with E-state index in [-0.39, 0.29) is 50.7 Å². The van der Waals surface area contributed by atoms with E-state index in [1.165, 1.54) is 5.57 Å². The van der Waals surface area contributed by atoms with Crippen LogP contribution >= 0.6 is 0 Å². The Hall–Kier alpha value is -2.04. The number of likely N-dealkylation sites (N-methyl/N-ethyl adjacent to an activating group) is 1. The van der Waals surface area contributed by atoms with Crippen LogP contribution in [0, 0.1) is 62.6 Å². The standard InChI is InChI=1S/C40H68N6O4/c1-13-45(12)39(11,25(4)5)22-50-32-29(46-43-34(41)42-44-46)20-40-23-49-21-36(32,8)30(40)15-14-27-28(40)16-17-38(10)31(33(47)48)35(7,26(6)24(2)3)18-19-37(27,38)9/h16,24-27,29-32H,13-15,17-23H2,1-12H3,(H2,41,43)(H,47,48)/t26-,27+,29-,30+,31-,32+,35-,36+,37-,38+,39-,40?/m1/s1. The molecule has 3 saturated carbocycles. The molecule has 0 aromatic carbocycles. The number of carbonyl (C=O) groups is 1. The van der Waals surface area contributed by atoms with Crippen LogP contribution in [0.4, 0.5) is 5.95 Å². The van der Waals surface area contributed by atoms with Gasteiger partial charge in [-0.15, -0.1) is 5.10 Å². The molecule has 2 bridgehead atoms. The molecule has 3 N–H and O–H groups in total. The second-order valence-corrected chi connectivity index (χ2v) is 19.3. The zero-order valence-corrected chi connectivity index (χ0v) is 33.3. The van der Waals surface area contributed by atoms with E-state index in [9.17, 15) is 9.90 Å². The molecule has 12 atom stereocenters. The number of tetrazole rings is 1. The summed E-state index contributed by atoms with van der Waals surface area (Å²) in [5.41, 5.74) is 6.18. The molecule has 5 aliphatic rings. The summed E-state index contributed by atoms with van der Waals surface area (Å²) >= 11 is 0. The van der Waals surface area contributed by atoms with Gasteiger partial charge in [0.1, 0.15) is 6.04 Å². The highest BCUT2D eigenvalue weighted by Gasteiger charge is 2.72. The molecule has 1 aliphatic heterocycles. The molecule has 6 rings (SSSR count). The van der Waals surface area contributed by atoms with Crippen molar-refractivity contribution in [3.8, 4) is 0 Å². The Kier molecular flexibility index (Phi) is 9.45. The average Bonchev–Trinajstić information content (AvgIpc) is 3.49. The third kappa shape index (κ3) is 5.10. The number of fused-ring (bicyclic) bond motifs is 3. The number of hydrogen-bond donors (Lipinski definition) is 2. The van der Waals surface area contributed by atoms with E-state index < -0.39 is 11.9 Å². The van der Waals surface area contributed by atoms with E-state index >= 15 is 0 Å². The van der Waals surface area contributed by atoms with Gasteiger partial charge in [-0.25, -0.2) is 0 Å². The minimum atomic E-state index is -0.625. The third-order valence-electron chi connectivity index (χ3n) is 17.0. The van der Waals surface area contributed by atoms with E-state index in [4.69, 9.17) is 15.2 Å². The Labute approximate surface area is 301 Å². The van der Waals surface area contributed by atoms with Gasteiger partial charge in [0.25, 0.3) is 5.95 Å². The number of carboxylic acid groups (broad SMARTS) is 1. The summed E-state index contributed by atoms with van der Waals surface area (Å²) in [5, 5.41) is 24.4. The molecule has 50 heavy (non-hydrogen) atoms. The lowest BCUT2D eigenvalue weighted by Crippen LogP contribution is -2.69. The molecule has 1 unspecified atom stereocenters. The maximum atomic E-state index is 13.5. The second kappa shape index (κ2) is 12.5. The molecule has 10 nitrogen and oxygen atoms in total. The zero-order valence-electron chi connectivity index (χ0n) is 33.3. The molecule has 10 heteroatoms. The minimum Gasteiger partial charge on any atom is -0.481 e. The van der Waals surface area contributed by atoms with Crippen molar-refractivity contribution in [2.75, 3.05) is 39.1 Å². The lowest BCUT2D eigenvalue weighted by molar-refractivity contribution is -0.256. The van der Waals surface area contributed by atoms with Crippen LogP contribution in [-0.4, -0.2) is 81.2 Å². The van der Waals surface area contributed by atoms with Crippen molar-refractivity contribution < 1.29 is 19.4 Å². The summed E-state index contributed by atoms with van der Waals surface area (Å²) in [6.07, 6.45) is 7.98. The van der Waals surface area contributed by atoms with Crippen molar-refractivity contribution in [3.05, 3.63) is 11.6 Å². The van der Waals surface area contributed by atoms with E-state index in [1.54, 1.807) is 4.80 Å². The molecule has 4 fully saturated rings. The van der Waals surface area contributed by atoms with E-state index in [1.807, 2.05) is 0 Å². The number of aliphatic carboxylic acids is 1. The predicted molar refractivity (Wildman–Crippen MR) is 196 cm³/mol. The van der Waals surface area contributed by atoms with Gasteiger partial charge in [0.15, 0.2) is 0 Å². The molecule has 0 radical (unpaired) electrons. The monoisotopic (exact) mass is 697 g/mol. The molecule has 0 spiro atoms. The topological polar surface area (TPSA) is 129 Å². The predicted octanol–water partition coefficient (Wildman–Crippen LogP) is 7.14. The maximum Gasteiger partial charge on any atom is 0.307 e. The van der Waals surface area contributed by atoms with E-state index in [0.717, 1.165) is 45.1 Å². The molecule has 282 valence electrons. The van der Waals surface area contributed by atoms with Crippen LogP contribution in [0.3, 0.4) is 0 Å². The van der Waals surface area contributed by atoms with Gasteiger partial charge < -0.3 is 20.3 Å². The maximum absolute atomic E-state index is 13.5. The Balaban J connectivity index is 1.44. The van der Waals surface area contributed by atoms with Crippen molar-refractivity contribution in [3.63, 3.8) is 0 Å². The number of nitrogen functional groups attached to an aromatic ring is 1. The van der Waals surface area contributed by atoms with Crippen LogP contribution in [0.1, 0.15) is 121 Å². The normalized spacial score (nSPS) is 43.1. The van der Waals surface area contributed by atoms with Crippen LogP contribution in [-0.2, 0) is 14.3 Å². The third-order valence-corrected chi connectivity index (χ3v) is 17.0. The number of carboxylic acids is 1. The molecule has 0 amide bonds. The molecule has 4 aliphatic carbocycles. The molecular weight excluding hydrogens is 628 g/mol. The highest BCUT2D eigenvalue weighted by molar-refractivity contribution is 5.73. The number of hydrogen-bond acceptors (Lipinski definition) is 8. The fourth-order valence-corrected chi connectivity index (χ4v) is 12.8. The zero-order chi connectivity index (χ0) is 36.8. The summed E-state index contributed by atoms with van der Waals surface area (Å²) in [4.78, 5) is 17.6. The molecule has 1 aromatic heterocycles.